The fraction of sp³-hybridized carbons (Fsp3) is 0.500. The summed E-state index contributed by atoms with van der Waals surface area (Å²) in [7, 11) is 0. The van der Waals surface area contributed by atoms with Gasteiger partial charge in [-0.15, -0.1) is 0 Å². The van der Waals surface area contributed by atoms with Crippen molar-refractivity contribution in [2.24, 2.45) is 0 Å². The number of hydrogen-bond acceptors (Lipinski definition) is 2. The summed E-state index contributed by atoms with van der Waals surface area (Å²) >= 11 is 5.64. The Kier molecular flexibility index (Phi) is 2.36. The zero-order valence-corrected chi connectivity index (χ0v) is 6.80. The van der Waals surface area contributed by atoms with Crippen molar-refractivity contribution >= 4 is 11.6 Å². The average molecular weight is 177 g/mol. The second-order valence-electron chi connectivity index (χ2n) is 2.32. The molecule has 11 heavy (non-hydrogen) atoms. The van der Waals surface area contributed by atoms with Crippen molar-refractivity contribution in [1.82, 2.24) is 9.55 Å². The molecule has 0 aliphatic rings. The minimum atomic E-state index is -0.295. The van der Waals surface area contributed by atoms with Gasteiger partial charge in [0.25, 0.3) is 0 Å². The predicted molar refractivity (Wildman–Crippen MR) is 41.9 cm³/mol. The van der Waals surface area contributed by atoms with E-state index in [1.165, 1.54) is 10.8 Å². The van der Waals surface area contributed by atoms with Crippen LogP contribution in [0.2, 0.25) is 5.15 Å². The molecule has 0 saturated heterocycles. The Labute approximate surface area is 68.4 Å². The number of nitrogens with zero attached hydrogens (tertiary/aromatic N) is 1. The highest BCUT2D eigenvalue weighted by atomic mass is 35.5. The molecule has 0 fully saturated rings. The number of hydrogen-bond donors (Lipinski definition) is 2. The van der Waals surface area contributed by atoms with Crippen LogP contribution in [0.15, 0.2) is 11.0 Å². The Balaban J connectivity index is 3.10. The lowest BCUT2D eigenvalue weighted by atomic mass is 10.4. The zero-order valence-electron chi connectivity index (χ0n) is 6.04. The minimum Gasteiger partial charge on any atom is -0.394 e. The van der Waals surface area contributed by atoms with E-state index in [1.54, 1.807) is 6.92 Å². The Morgan fingerprint density at radius 1 is 1.91 bits per heavy atom. The van der Waals surface area contributed by atoms with Crippen LogP contribution >= 0.6 is 11.6 Å². The van der Waals surface area contributed by atoms with Gasteiger partial charge in [0.2, 0.25) is 0 Å². The van der Waals surface area contributed by atoms with Crippen molar-refractivity contribution in [3.63, 3.8) is 0 Å². The molecule has 0 saturated carbocycles. The van der Waals surface area contributed by atoms with Crippen molar-refractivity contribution in [2.45, 2.75) is 13.0 Å². The summed E-state index contributed by atoms with van der Waals surface area (Å²) in [5, 5.41) is 9.04. The van der Waals surface area contributed by atoms with Crippen LogP contribution in [0.1, 0.15) is 13.0 Å². The van der Waals surface area contributed by atoms with E-state index in [1.807, 2.05) is 0 Å². The standard InChI is InChI=1S/C6H9ClN2O2/c1-4(3-10)9-5(7)2-8-6(9)11/h2,4,10H,3H2,1H3,(H,8,11). The third kappa shape index (κ3) is 1.46. The van der Waals surface area contributed by atoms with Crippen LogP contribution in [0.25, 0.3) is 0 Å². The summed E-state index contributed by atoms with van der Waals surface area (Å²) in [6.07, 6.45) is 1.40. The van der Waals surface area contributed by atoms with Crippen molar-refractivity contribution in [3.05, 3.63) is 21.8 Å². The normalized spacial score (nSPS) is 13.4. The second-order valence-corrected chi connectivity index (χ2v) is 2.71. The van der Waals surface area contributed by atoms with E-state index in [4.69, 9.17) is 16.7 Å². The number of aromatic nitrogens is 2. The van der Waals surface area contributed by atoms with E-state index in [0.717, 1.165) is 0 Å². The predicted octanol–water partition coefficient (Wildman–Crippen LogP) is 0.383. The molecule has 0 aliphatic heterocycles. The molecule has 2 N–H and O–H groups in total. The van der Waals surface area contributed by atoms with Gasteiger partial charge in [0.15, 0.2) is 0 Å². The fourth-order valence-corrected chi connectivity index (χ4v) is 1.15. The van der Waals surface area contributed by atoms with Gasteiger partial charge >= 0.3 is 5.69 Å². The van der Waals surface area contributed by atoms with E-state index < -0.39 is 0 Å². The molecule has 1 aromatic rings. The minimum absolute atomic E-state index is 0.0997. The largest absolute Gasteiger partial charge is 0.394 e. The van der Waals surface area contributed by atoms with Gasteiger partial charge in [0, 0.05) is 6.20 Å². The lowest BCUT2D eigenvalue weighted by molar-refractivity contribution is 0.236. The van der Waals surface area contributed by atoms with Gasteiger partial charge in [0.05, 0.1) is 12.6 Å². The van der Waals surface area contributed by atoms with Crippen LogP contribution in [-0.2, 0) is 0 Å². The zero-order chi connectivity index (χ0) is 8.43. The molecular formula is C6H9ClN2O2. The molecule has 0 aliphatic carbocycles. The molecule has 0 bridgehead atoms. The number of aromatic amines is 1. The van der Waals surface area contributed by atoms with E-state index >= 15 is 0 Å². The van der Waals surface area contributed by atoms with Crippen molar-refractivity contribution < 1.29 is 5.11 Å². The maximum atomic E-state index is 11.0. The molecule has 1 aromatic heterocycles. The first-order valence-corrected chi connectivity index (χ1v) is 3.61. The molecule has 62 valence electrons. The summed E-state index contributed by atoms with van der Waals surface area (Å²) in [6, 6.07) is -0.277. The quantitative estimate of drug-likeness (QED) is 0.685. The van der Waals surface area contributed by atoms with Gasteiger partial charge in [-0.05, 0) is 6.92 Å². The van der Waals surface area contributed by atoms with Crippen LogP contribution in [-0.4, -0.2) is 21.3 Å². The first-order valence-electron chi connectivity index (χ1n) is 3.23. The van der Waals surface area contributed by atoms with Crippen LogP contribution in [0.4, 0.5) is 0 Å². The maximum Gasteiger partial charge on any atom is 0.327 e. The van der Waals surface area contributed by atoms with Crippen molar-refractivity contribution in [3.8, 4) is 0 Å². The Hall–Kier alpha value is -0.740. The Morgan fingerprint density at radius 2 is 2.55 bits per heavy atom. The molecule has 0 amide bonds. The van der Waals surface area contributed by atoms with E-state index in [0.29, 0.717) is 5.15 Å². The van der Waals surface area contributed by atoms with Crippen LogP contribution < -0.4 is 5.69 Å². The summed E-state index contributed by atoms with van der Waals surface area (Å²) in [5.74, 6) is 0. The van der Waals surface area contributed by atoms with E-state index in [-0.39, 0.29) is 18.3 Å². The fourth-order valence-electron chi connectivity index (χ4n) is 0.850. The second kappa shape index (κ2) is 3.11. The molecular weight excluding hydrogens is 168 g/mol. The highest BCUT2D eigenvalue weighted by molar-refractivity contribution is 6.29. The average Bonchev–Trinajstić information content (AvgIpc) is 2.30. The third-order valence-electron chi connectivity index (χ3n) is 1.47. The van der Waals surface area contributed by atoms with Gasteiger partial charge in [-0.1, -0.05) is 11.6 Å². The van der Waals surface area contributed by atoms with Crippen LogP contribution in [0, 0.1) is 0 Å². The number of imidazole rings is 1. The number of aliphatic hydroxyl groups is 1. The molecule has 1 unspecified atom stereocenters. The summed E-state index contributed by atoms with van der Waals surface area (Å²) < 4.78 is 1.29. The van der Waals surface area contributed by atoms with Crippen LogP contribution in [0.5, 0.6) is 0 Å². The molecule has 1 heterocycles. The number of halogens is 1. The lowest BCUT2D eigenvalue weighted by Gasteiger charge is -2.08. The Morgan fingerprint density at radius 3 is 2.91 bits per heavy atom. The number of H-pyrrole nitrogens is 1. The maximum absolute atomic E-state index is 11.0. The van der Waals surface area contributed by atoms with Crippen molar-refractivity contribution in [1.29, 1.82) is 0 Å². The smallest absolute Gasteiger partial charge is 0.327 e. The molecule has 1 rings (SSSR count). The molecule has 0 aromatic carbocycles. The van der Waals surface area contributed by atoms with Gasteiger partial charge in [-0.3, -0.25) is 4.57 Å². The van der Waals surface area contributed by atoms with Gasteiger partial charge in [0.1, 0.15) is 5.15 Å². The molecule has 5 heteroatoms. The highest BCUT2D eigenvalue weighted by Crippen LogP contribution is 2.09. The highest BCUT2D eigenvalue weighted by Gasteiger charge is 2.09. The van der Waals surface area contributed by atoms with Crippen LogP contribution in [0.3, 0.4) is 0 Å². The number of rotatable bonds is 2. The summed E-state index contributed by atoms with van der Waals surface area (Å²) in [5.41, 5.74) is -0.295. The van der Waals surface area contributed by atoms with E-state index in [9.17, 15) is 4.79 Å². The number of nitrogens with one attached hydrogen (secondary N) is 1. The molecule has 0 spiro atoms. The topological polar surface area (TPSA) is 58.0 Å². The first-order chi connectivity index (χ1) is 5.16. The molecule has 4 nitrogen and oxygen atoms in total. The van der Waals surface area contributed by atoms with Gasteiger partial charge in [-0.2, -0.15) is 0 Å². The van der Waals surface area contributed by atoms with Crippen molar-refractivity contribution in [2.75, 3.05) is 6.61 Å². The van der Waals surface area contributed by atoms with E-state index in [2.05, 4.69) is 4.98 Å². The summed E-state index contributed by atoms with van der Waals surface area (Å²) in [6.45, 7) is 1.61. The number of aliphatic hydroxyl groups excluding tert-OH is 1. The Bertz CT molecular complexity index is 291. The monoisotopic (exact) mass is 176 g/mol. The SMILES string of the molecule is CC(CO)n1c(Cl)c[nH]c1=O. The molecule has 1 atom stereocenters. The summed E-state index contributed by atoms with van der Waals surface area (Å²) in [4.78, 5) is 13.4. The van der Waals surface area contributed by atoms with Gasteiger partial charge in [-0.25, -0.2) is 4.79 Å². The lowest BCUT2D eigenvalue weighted by Crippen LogP contribution is -2.22. The third-order valence-corrected chi connectivity index (χ3v) is 1.76. The van der Waals surface area contributed by atoms with Gasteiger partial charge < -0.3 is 10.1 Å². The first kappa shape index (κ1) is 8.36. The molecule has 0 radical (unpaired) electrons.